The number of nitro benzene ring substituents is 1. The molecule has 2 aliphatic rings. The smallest absolute Gasteiger partial charge is 0.323 e. The number of carboxylic acid groups (broad SMARTS) is 1. The van der Waals surface area contributed by atoms with Crippen LogP contribution in [0.3, 0.4) is 0 Å². The number of amides is 2. The number of unbranched alkanes of at least 4 members (excludes halogenated alkanes) is 1. The number of aliphatic carboxylic acids is 1. The van der Waals surface area contributed by atoms with Crippen LogP contribution < -0.4 is 4.74 Å². The van der Waals surface area contributed by atoms with E-state index in [1.165, 1.54) is 38.2 Å². The summed E-state index contributed by atoms with van der Waals surface area (Å²) in [6.45, 7) is -0.523. The molecule has 1 fully saturated rings. The standard InChI is InChI=1S/C20H24N2O7/c23-18(24)12-21-19(25)14-10-16(22(27)28)17(11-15(14)20(21)26)29-9-5-4-8-13-6-2-1-3-7-13/h10-11,13H,1-9,12H2,(H,23,24). The van der Waals surface area contributed by atoms with Crippen LogP contribution in [0.25, 0.3) is 0 Å². The summed E-state index contributed by atoms with van der Waals surface area (Å²) in [5.41, 5.74) is -0.652. The lowest BCUT2D eigenvalue weighted by molar-refractivity contribution is -0.385. The highest BCUT2D eigenvalue weighted by Gasteiger charge is 2.39. The number of rotatable bonds is 9. The summed E-state index contributed by atoms with van der Waals surface area (Å²) in [5.74, 6) is -2.31. The van der Waals surface area contributed by atoms with Crippen LogP contribution in [0.5, 0.6) is 5.75 Å². The van der Waals surface area contributed by atoms with Crippen molar-refractivity contribution in [2.24, 2.45) is 5.92 Å². The molecule has 3 rings (SSSR count). The third-order valence-electron chi connectivity index (χ3n) is 5.53. The number of carbonyl (C=O) groups excluding carboxylic acids is 2. The Hall–Kier alpha value is -2.97. The third-order valence-corrected chi connectivity index (χ3v) is 5.53. The Morgan fingerprint density at radius 1 is 1.14 bits per heavy atom. The second kappa shape index (κ2) is 9.02. The number of fused-ring (bicyclic) bond motifs is 1. The molecule has 0 unspecified atom stereocenters. The van der Waals surface area contributed by atoms with Crippen molar-refractivity contribution in [3.63, 3.8) is 0 Å². The van der Waals surface area contributed by atoms with E-state index in [0.29, 0.717) is 4.90 Å². The van der Waals surface area contributed by atoms with Crippen molar-refractivity contribution in [3.8, 4) is 5.75 Å². The number of ether oxygens (including phenoxy) is 1. The molecule has 0 radical (unpaired) electrons. The van der Waals surface area contributed by atoms with E-state index in [2.05, 4.69) is 0 Å². The largest absolute Gasteiger partial charge is 0.487 e. The van der Waals surface area contributed by atoms with Gasteiger partial charge in [-0.2, -0.15) is 0 Å². The van der Waals surface area contributed by atoms with Crippen molar-refractivity contribution in [1.82, 2.24) is 4.90 Å². The summed E-state index contributed by atoms with van der Waals surface area (Å²) in [6, 6.07) is 2.17. The lowest BCUT2D eigenvalue weighted by Crippen LogP contribution is -2.34. The Kier molecular flexibility index (Phi) is 6.46. The molecule has 1 heterocycles. The number of nitro groups is 1. The van der Waals surface area contributed by atoms with Gasteiger partial charge in [-0.1, -0.05) is 38.5 Å². The lowest BCUT2D eigenvalue weighted by atomic mass is 9.86. The monoisotopic (exact) mass is 404 g/mol. The van der Waals surface area contributed by atoms with E-state index < -0.39 is 34.9 Å². The zero-order valence-corrected chi connectivity index (χ0v) is 16.1. The molecule has 0 spiro atoms. The molecule has 1 N–H and O–H groups in total. The first kappa shape index (κ1) is 20.8. The number of imide groups is 1. The number of hydrogen-bond donors (Lipinski definition) is 1. The SMILES string of the molecule is O=C(O)CN1C(=O)c2cc(OCCCCC3CCCCC3)c([N+](=O)[O-])cc2C1=O. The Balaban J connectivity index is 1.65. The maximum Gasteiger partial charge on any atom is 0.323 e. The van der Waals surface area contributed by atoms with Gasteiger partial charge in [-0.05, 0) is 18.8 Å². The number of carboxylic acids is 1. The molecule has 1 aliphatic carbocycles. The Bertz CT molecular complexity index is 830. The molecule has 2 amide bonds. The van der Waals surface area contributed by atoms with Gasteiger partial charge in [0.1, 0.15) is 6.54 Å². The molecule has 1 aromatic rings. The van der Waals surface area contributed by atoms with Crippen LogP contribution in [-0.4, -0.2) is 45.9 Å². The van der Waals surface area contributed by atoms with E-state index in [9.17, 15) is 24.5 Å². The maximum atomic E-state index is 12.3. The maximum absolute atomic E-state index is 12.3. The third kappa shape index (κ3) is 4.72. The van der Waals surface area contributed by atoms with Gasteiger partial charge in [0, 0.05) is 12.1 Å². The Labute approximate surface area is 167 Å². The molecule has 0 bridgehead atoms. The quantitative estimate of drug-likeness (QED) is 0.289. The first-order chi connectivity index (χ1) is 13.9. The summed E-state index contributed by atoms with van der Waals surface area (Å²) >= 11 is 0. The average Bonchev–Trinajstić information content (AvgIpc) is 2.92. The summed E-state index contributed by atoms with van der Waals surface area (Å²) in [7, 11) is 0. The highest BCUT2D eigenvalue weighted by Crippen LogP contribution is 2.35. The summed E-state index contributed by atoms with van der Waals surface area (Å²) in [5, 5.41) is 20.3. The van der Waals surface area contributed by atoms with Gasteiger partial charge >= 0.3 is 11.7 Å². The fraction of sp³-hybridized carbons (Fsp3) is 0.550. The molecule has 9 nitrogen and oxygen atoms in total. The molecule has 0 atom stereocenters. The van der Waals surface area contributed by atoms with Crippen molar-refractivity contribution >= 4 is 23.5 Å². The number of carbonyl (C=O) groups is 3. The topological polar surface area (TPSA) is 127 Å². The molecule has 156 valence electrons. The Morgan fingerprint density at radius 3 is 2.41 bits per heavy atom. The molecular formula is C20H24N2O7. The minimum Gasteiger partial charge on any atom is -0.487 e. The first-order valence-electron chi connectivity index (χ1n) is 9.91. The van der Waals surface area contributed by atoms with Gasteiger partial charge in [0.25, 0.3) is 11.8 Å². The van der Waals surface area contributed by atoms with Crippen molar-refractivity contribution in [1.29, 1.82) is 0 Å². The number of nitrogens with zero attached hydrogens (tertiary/aromatic N) is 2. The van der Waals surface area contributed by atoms with Gasteiger partial charge in [0.05, 0.1) is 22.7 Å². The van der Waals surface area contributed by atoms with Gasteiger partial charge < -0.3 is 9.84 Å². The summed E-state index contributed by atoms with van der Waals surface area (Å²) < 4.78 is 5.57. The molecular weight excluding hydrogens is 380 g/mol. The van der Waals surface area contributed by atoms with E-state index in [1.807, 2.05) is 0 Å². The van der Waals surface area contributed by atoms with Crippen LogP contribution in [0, 0.1) is 16.0 Å². The zero-order chi connectivity index (χ0) is 21.0. The van der Waals surface area contributed by atoms with Crippen LogP contribution >= 0.6 is 0 Å². The number of hydrogen-bond acceptors (Lipinski definition) is 6. The second-order valence-corrected chi connectivity index (χ2v) is 7.56. The van der Waals surface area contributed by atoms with Gasteiger partial charge in [0.15, 0.2) is 5.75 Å². The average molecular weight is 404 g/mol. The minimum atomic E-state index is -1.34. The molecule has 1 saturated carbocycles. The van der Waals surface area contributed by atoms with Gasteiger partial charge in [-0.3, -0.25) is 29.4 Å². The highest BCUT2D eigenvalue weighted by molar-refractivity contribution is 6.22. The van der Waals surface area contributed by atoms with Crippen molar-refractivity contribution in [2.45, 2.75) is 51.4 Å². The molecule has 1 aromatic carbocycles. The van der Waals surface area contributed by atoms with E-state index in [4.69, 9.17) is 9.84 Å². The van der Waals surface area contributed by atoms with E-state index in [0.717, 1.165) is 31.2 Å². The molecule has 1 aliphatic heterocycles. The molecule has 9 heteroatoms. The van der Waals surface area contributed by atoms with E-state index >= 15 is 0 Å². The van der Waals surface area contributed by atoms with Crippen LogP contribution in [0.1, 0.15) is 72.1 Å². The predicted octanol–water partition coefficient (Wildman–Crippen LogP) is 3.40. The zero-order valence-electron chi connectivity index (χ0n) is 16.1. The number of benzene rings is 1. The predicted molar refractivity (Wildman–Crippen MR) is 102 cm³/mol. The lowest BCUT2D eigenvalue weighted by Gasteiger charge is -2.21. The van der Waals surface area contributed by atoms with Crippen LogP contribution in [0.2, 0.25) is 0 Å². The van der Waals surface area contributed by atoms with Gasteiger partial charge in [0.2, 0.25) is 0 Å². The molecule has 0 saturated heterocycles. The Morgan fingerprint density at radius 2 is 1.79 bits per heavy atom. The second-order valence-electron chi connectivity index (χ2n) is 7.56. The van der Waals surface area contributed by atoms with E-state index in [1.54, 1.807) is 0 Å². The minimum absolute atomic E-state index is 0.0703. The summed E-state index contributed by atoms with van der Waals surface area (Å²) in [6.07, 6.45) is 9.23. The van der Waals surface area contributed by atoms with Crippen molar-refractivity contribution in [3.05, 3.63) is 33.4 Å². The van der Waals surface area contributed by atoms with Crippen molar-refractivity contribution in [2.75, 3.05) is 13.2 Å². The van der Waals surface area contributed by atoms with Gasteiger partial charge in [-0.25, -0.2) is 0 Å². The highest BCUT2D eigenvalue weighted by atomic mass is 16.6. The molecule has 0 aromatic heterocycles. The molecule has 29 heavy (non-hydrogen) atoms. The van der Waals surface area contributed by atoms with Gasteiger partial charge in [-0.15, -0.1) is 0 Å². The van der Waals surface area contributed by atoms with Crippen molar-refractivity contribution < 1.29 is 29.2 Å². The fourth-order valence-electron chi connectivity index (χ4n) is 4.04. The summed E-state index contributed by atoms with van der Waals surface area (Å²) in [4.78, 5) is 46.8. The van der Waals surface area contributed by atoms with Crippen LogP contribution in [0.15, 0.2) is 12.1 Å². The van der Waals surface area contributed by atoms with E-state index in [-0.39, 0.29) is 23.5 Å². The first-order valence-corrected chi connectivity index (χ1v) is 9.91. The fourth-order valence-corrected chi connectivity index (χ4v) is 4.04. The van der Waals surface area contributed by atoms with Crippen LogP contribution in [0.4, 0.5) is 5.69 Å². The van der Waals surface area contributed by atoms with Crippen LogP contribution in [-0.2, 0) is 4.79 Å². The normalized spacial score (nSPS) is 16.8.